The number of hydrogen-bond acceptors (Lipinski definition) is 2. The molecule has 0 aliphatic rings. The maximum Gasteiger partial charge on any atom is 0.199 e. The van der Waals surface area contributed by atoms with Crippen LogP contribution in [0.15, 0.2) is 34.9 Å². The Bertz CT molecular complexity index is 490. The Hall–Kier alpha value is -1.39. The van der Waals surface area contributed by atoms with E-state index in [-0.39, 0.29) is 10.8 Å². The molecule has 0 radical (unpaired) electrons. The molecule has 0 aliphatic heterocycles. The lowest BCUT2D eigenvalue weighted by Gasteiger charge is -2.11. The molecular formula is C11H7ClF2O2. The first-order valence-electron chi connectivity index (χ1n) is 4.46. The van der Waals surface area contributed by atoms with Gasteiger partial charge in [-0.15, -0.1) is 0 Å². The van der Waals surface area contributed by atoms with E-state index in [1.807, 2.05) is 0 Å². The molecule has 0 saturated carbocycles. The molecule has 2 aromatic rings. The topological polar surface area (TPSA) is 33.4 Å². The van der Waals surface area contributed by atoms with Gasteiger partial charge in [0.05, 0.1) is 11.8 Å². The summed E-state index contributed by atoms with van der Waals surface area (Å²) in [5, 5.41) is 9.71. The molecule has 0 amide bonds. The van der Waals surface area contributed by atoms with Crippen molar-refractivity contribution in [3.63, 3.8) is 0 Å². The highest BCUT2D eigenvalue weighted by molar-refractivity contribution is 6.29. The zero-order chi connectivity index (χ0) is 11.7. The molecule has 2 rings (SSSR count). The fourth-order valence-electron chi connectivity index (χ4n) is 1.43. The third kappa shape index (κ3) is 1.81. The molecule has 1 aromatic heterocycles. The average molecular weight is 245 g/mol. The second-order valence-electron chi connectivity index (χ2n) is 3.19. The summed E-state index contributed by atoms with van der Waals surface area (Å²) in [4.78, 5) is 0. The Balaban J connectivity index is 2.49. The van der Waals surface area contributed by atoms with Gasteiger partial charge in [0.2, 0.25) is 0 Å². The van der Waals surface area contributed by atoms with E-state index in [9.17, 15) is 13.9 Å². The Morgan fingerprint density at radius 3 is 2.31 bits per heavy atom. The molecule has 2 nitrogen and oxygen atoms in total. The maximum atomic E-state index is 13.4. The SMILES string of the molecule is OC(c1ccoc1Cl)c1c(F)cccc1F. The zero-order valence-corrected chi connectivity index (χ0v) is 8.71. The van der Waals surface area contributed by atoms with Gasteiger partial charge >= 0.3 is 0 Å². The number of aliphatic hydroxyl groups excluding tert-OH is 1. The number of aliphatic hydroxyl groups is 1. The van der Waals surface area contributed by atoms with Crippen molar-refractivity contribution in [1.29, 1.82) is 0 Å². The first kappa shape index (κ1) is 11.1. The van der Waals surface area contributed by atoms with Crippen molar-refractivity contribution in [2.75, 3.05) is 0 Å². The van der Waals surface area contributed by atoms with Crippen molar-refractivity contribution in [2.24, 2.45) is 0 Å². The molecule has 0 bridgehead atoms. The van der Waals surface area contributed by atoms with Crippen molar-refractivity contribution in [1.82, 2.24) is 0 Å². The van der Waals surface area contributed by atoms with Crippen LogP contribution in [0.2, 0.25) is 5.22 Å². The summed E-state index contributed by atoms with van der Waals surface area (Å²) < 4.78 is 31.4. The molecule has 16 heavy (non-hydrogen) atoms. The first-order valence-corrected chi connectivity index (χ1v) is 4.84. The number of furan rings is 1. The van der Waals surface area contributed by atoms with E-state index in [2.05, 4.69) is 0 Å². The monoisotopic (exact) mass is 244 g/mol. The highest BCUT2D eigenvalue weighted by Gasteiger charge is 2.22. The molecule has 1 unspecified atom stereocenters. The van der Waals surface area contributed by atoms with Crippen LogP contribution in [0, 0.1) is 11.6 Å². The Kier molecular flexibility index (Phi) is 2.94. The van der Waals surface area contributed by atoms with E-state index in [1.54, 1.807) is 0 Å². The summed E-state index contributed by atoms with van der Waals surface area (Å²) in [7, 11) is 0. The minimum Gasteiger partial charge on any atom is -0.453 e. The van der Waals surface area contributed by atoms with Gasteiger partial charge in [0.25, 0.3) is 0 Å². The molecule has 0 aliphatic carbocycles. The summed E-state index contributed by atoms with van der Waals surface area (Å²) in [6.07, 6.45) is -0.243. The van der Waals surface area contributed by atoms with Crippen LogP contribution in [-0.2, 0) is 0 Å². The van der Waals surface area contributed by atoms with E-state index in [0.29, 0.717) is 0 Å². The molecule has 0 spiro atoms. The van der Waals surface area contributed by atoms with Gasteiger partial charge in [-0.2, -0.15) is 0 Å². The summed E-state index contributed by atoms with van der Waals surface area (Å²) >= 11 is 5.62. The van der Waals surface area contributed by atoms with Gasteiger partial charge in [-0.1, -0.05) is 6.07 Å². The molecule has 84 valence electrons. The molecule has 5 heteroatoms. The van der Waals surface area contributed by atoms with Gasteiger partial charge in [0.15, 0.2) is 5.22 Å². The molecular weight excluding hydrogens is 238 g/mol. The van der Waals surface area contributed by atoms with E-state index in [4.69, 9.17) is 16.0 Å². The largest absolute Gasteiger partial charge is 0.453 e. The van der Waals surface area contributed by atoms with Crippen LogP contribution in [0.3, 0.4) is 0 Å². The predicted octanol–water partition coefficient (Wildman–Crippen LogP) is 3.29. The van der Waals surface area contributed by atoms with Crippen molar-refractivity contribution in [3.05, 3.63) is 58.5 Å². The van der Waals surface area contributed by atoms with Gasteiger partial charge in [-0.25, -0.2) is 8.78 Å². The van der Waals surface area contributed by atoms with E-state index in [1.165, 1.54) is 18.4 Å². The van der Waals surface area contributed by atoms with E-state index < -0.39 is 23.3 Å². The fourth-order valence-corrected chi connectivity index (χ4v) is 1.64. The normalized spacial score (nSPS) is 12.8. The lowest BCUT2D eigenvalue weighted by molar-refractivity contribution is 0.208. The lowest BCUT2D eigenvalue weighted by Crippen LogP contribution is -2.05. The first-order chi connectivity index (χ1) is 7.61. The molecule has 1 N–H and O–H groups in total. The third-order valence-electron chi connectivity index (χ3n) is 2.21. The Morgan fingerprint density at radius 2 is 1.81 bits per heavy atom. The van der Waals surface area contributed by atoms with Crippen molar-refractivity contribution < 1.29 is 18.3 Å². The Morgan fingerprint density at radius 1 is 1.19 bits per heavy atom. The van der Waals surface area contributed by atoms with Gasteiger partial charge in [0.1, 0.15) is 17.7 Å². The highest BCUT2D eigenvalue weighted by Crippen LogP contribution is 2.31. The van der Waals surface area contributed by atoms with Crippen LogP contribution in [0.1, 0.15) is 17.2 Å². The summed E-state index contributed by atoms with van der Waals surface area (Å²) in [5.74, 6) is -1.66. The van der Waals surface area contributed by atoms with Crippen LogP contribution in [-0.4, -0.2) is 5.11 Å². The highest BCUT2D eigenvalue weighted by atomic mass is 35.5. The molecule has 1 atom stereocenters. The lowest BCUT2D eigenvalue weighted by atomic mass is 10.0. The number of benzene rings is 1. The third-order valence-corrected chi connectivity index (χ3v) is 2.52. The van der Waals surface area contributed by atoms with Crippen molar-refractivity contribution >= 4 is 11.6 Å². The van der Waals surface area contributed by atoms with Crippen molar-refractivity contribution in [2.45, 2.75) is 6.10 Å². The average Bonchev–Trinajstić information content (AvgIpc) is 2.64. The van der Waals surface area contributed by atoms with Crippen molar-refractivity contribution in [3.8, 4) is 0 Å². The van der Waals surface area contributed by atoms with Crippen LogP contribution in [0.25, 0.3) is 0 Å². The van der Waals surface area contributed by atoms with Crippen LogP contribution in [0.5, 0.6) is 0 Å². The maximum absolute atomic E-state index is 13.4. The second kappa shape index (κ2) is 4.23. The van der Waals surface area contributed by atoms with Gasteiger partial charge in [0, 0.05) is 5.56 Å². The molecule has 0 fully saturated rings. The summed E-state index contributed by atoms with van der Waals surface area (Å²) in [6.45, 7) is 0. The van der Waals surface area contributed by atoms with Crippen LogP contribution < -0.4 is 0 Å². The molecule has 0 saturated heterocycles. The van der Waals surface area contributed by atoms with E-state index in [0.717, 1.165) is 12.1 Å². The zero-order valence-electron chi connectivity index (χ0n) is 7.95. The number of hydrogen-bond donors (Lipinski definition) is 1. The summed E-state index contributed by atoms with van der Waals surface area (Å²) in [6, 6.07) is 4.71. The van der Waals surface area contributed by atoms with E-state index >= 15 is 0 Å². The van der Waals surface area contributed by atoms with Gasteiger partial charge < -0.3 is 9.52 Å². The summed E-state index contributed by atoms with van der Waals surface area (Å²) in [5.41, 5.74) is -0.309. The smallest absolute Gasteiger partial charge is 0.199 e. The number of rotatable bonds is 2. The Labute approximate surface area is 95.1 Å². The fraction of sp³-hybridized carbons (Fsp3) is 0.0909. The molecule has 1 aromatic carbocycles. The quantitative estimate of drug-likeness (QED) is 0.879. The second-order valence-corrected chi connectivity index (χ2v) is 3.53. The van der Waals surface area contributed by atoms with Gasteiger partial charge in [-0.05, 0) is 29.8 Å². The number of halogens is 3. The minimum atomic E-state index is -1.48. The van der Waals surface area contributed by atoms with Crippen LogP contribution >= 0.6 is 11.6 Å². The molecule has 1 heterocycles. The van der Waals surface area contributed by atoms with Gasteiger partial charge in [-0.3, -0.25) is 0 Å². The predicted molar refractivity (Wildman–Crippen MR) is 54.1 cm³/mol. The standard InChI is InChI=1S/C11H7ClF2O2/c12-11-6(4-5-16-11)10(15)9-7(13)2-1-3-8(9)14/h1-5,10,15H. The van der Waals surface area contributed by atoms with Crippen LogP contribution in [0.4, 0.5) is 8.78 Å². The minimum absolute atomic E-state index is 0.0878.